The van der Waals surface area contributed by atoms with Crippen molar-refractivity contribution in [3.05, 3.63) is 160 Å². The second kappa shape index (κ2) is 14.4. The molecule has 0 aliphatic carbocycles. The molecule has 0 unspecified atom stereocenters. The van der Waals surface area contributed by atoms with Gasteiger partial charge in [0.15, 0.2) is 0 Å². The minimum atomic E-state index is -0.623. The van der Waals surface area contributed by atoms with Crippen LogP contribution in [0.25, 0.3) is 0 Å². The molecule has 8 nitrogen and oxygen atoms in total. The van der Waals surface area contributed by atoms with E-state index in [1.807, 2.05) is 12.1 Å². The molecule has 1 N–H and O–H groups in total. The quantitative estimate of drug-likeness (QED) is 0.0788. The number of esters is 2. The van der Waals surface area contributed by atoms with Gasteiger partial charge < -0.3 is 14.2 Å². The summed E-state index contributed by atoms with van der Waals surface area (Å²) in [5.74, 6) is -1.11. The first-order valence-electron chi connectivity index (χ1n) is 13.4. The topological polar surface area (TPSA) is 103 Å². The molecule has 0 aromatic heterocycles. The highest BCUT2D eigenvalue weighted by Gasteiger charge is 2.16. The number of halogens is 1. The molecule has 0 aliphatic heterocycles. The lowest BCUT2D eigenvalue weighted by Crippen LogP contribution is -2.19. The predicted molar refractivity (Wildman–Crippen MR) is 167 cm³/mol. The molecule has 0 aliphatic rings. The van der Waals surface area contributed by atoms with Crippen LogP contribution in [0, 0.1) is 0 Å². The van der Waals surface area contributed by atoms with Gasteiger partial charge in [-0.3, -0.25) is 4.79 Å². The highest BCUT2D eigenvalue weighted by atomic mass is 35.5. The van der Waals surface area contributed by atoms with Crippen LogP contribution in [0.1, 0.15) is 42.2 Å². The second-order valence-electron chi connectivity index (χ2n) is 9.32. The van der Waals surface area contributed by atoms with Gasteiger partial charge in [-0.15, -0.1) is 0 Å². The van der Waals surface area contributed by atoms with Crippen LogP contribution in [0.4, 0.5) is 0 Å². The molecule has 218 valence electrons. The second-order valence-corrected chi connectivity index (χ2v) is 9.76. The van der Waals surface area contributed by atoms with Gasteiger partial charge in [0.1, 0.15) is 23.9 Å². The summed E-state index contributed by atoms with van der Waals surface area (Å²) < 4.78 is 17.0. The molecule has 44 heavy (non-hydrogen) atoms. The van der Waals surface area contributed by atoms with Crippen molar-refractivity contribution in [1.82, 2.24) is 5.43 Å². The van der Waals surface area contributed by atoms with Crippen molar-refractivity contribution in [3.8, 4) is 17.2 Å². The Bertz CT molecular complexity index is 1790. The molecule has 5 aromatic rings. The van der Waals surface area contributed by atoms with Gasteiger partial charge in [0.25, 0.3) is 5.91 Å². The summed E-state index contributed by atoms with van der Waals surface area (Å²) in [5, 5.41) is 4.69. The number of hydrogen-bond acceptors (Lipinski definition) is 7. The number of nitrogens with one attached hydrogen (secondary N) is 1. The minimum Gasteiger partial charge on any atom is -0.488 e. The van der Waals surface area contributed by atoms with Crippen LogP contribution in [0.2, 0.25) is 5.02 Å². The molecule has 0 spiro atoms. The number of para-hydroxylation sites is 1. The summed E-state index contributed by atoms with van der Waals surface area (Å²) in [6.45, 7) is 0.238. The Labute approximate surface area is 258 Å². The van der Waals surface area contributed by atoms with E-state index in [2.05, 4.69) is 10.5 Å². The normalized spacial score (nSPS) is 10.7. The van der Waals surface area contributed by atoms with Crippen molar-refractivity contribution in [2.75, 3.05) is 0 Å². The lowest BCUT2D eigenvalue weighted by molar-refractivity contribution is 0.0731. The van der Waals surface area contributed by atoms with E-state index >= 15 is 0 Å². The number of carbonyl (C=O) groups excluding carboxylic acids is 3. The Morgan fingerprint density at radius 1 is 0.682 bits per heavy atom. The Morgan fingerprint density at radius 3 is 1.98 bits per heavy atom. The Balaban J connectivity index is 1.32. The summed E-state index contributed by atoms with van der Waals surface area (Å²) in [5.41, 5.74) is 4.68. The zero-order valence-corrected chi connectivity index (χ0v) is 23.9. The average Bonchev–Trinajstić information content (AvgIpc) is 3.06. The first-order valence-corrected chi connectivity index (χ1v) is 13.8. The molecule has 0 radical (unpaired) electrons. The number of rotatable bonds is 10. The molecule has 0 saturated carbocycles. The average molecular weight is 605 g/mol. The molecule has 0 saturated heterocycles. The monoisotopic (exact) mass is 604 g/mol. The third-order valence-electron chi connectivity index (χ3n) is 6.23. The molecule has 9 heteroatoms. The van der Waals surface area contributed by atoms with Crippen molar-refractivity contribution in [2.24, 2.45) is 5.10 Å². The van der Waals surface area contributed by atoms with E-state index in [9.17, 15) is 14.4 Å². The van der Waals surface area contributed by atoms with Crippen molar-refractivity contribution in [2.45, 2.75) is 6.61 Å². The third-order valence-corrected chi connectivity index (χ3v) is 6.48. The maximum absolute atomic E-state index is 13.0. The van der Waals surface area contributed by atoms with E-state index < -0.39 is 17.8 Å². The molecular weight excluding hydrogens is 580 g/mol. The van der Waals surface area contributed by atoms with Crippen LogP contribution in [0.15, 0.2) is 132 Å². The maximum atomic E-state index is 13.0. The van der Waals surface area contributed by atoms with Crippen LogP contribution < -0.4 is 19.6 Å². The van der Waals surface area contributed by atoms with E-state index in [1.54, 1.807) is 103 Å². The number of hydrogen-bond donors (Lipinski definition) is 1. The van der Waals surface area contributed by atoms with Gasteiger partial charge in [0, 0.05) is 16.7 Å². The van der Waals surface area contributed by atoms with Gasteiger partial charge in [-0.1, -0.05) is 72.3 Å². The first-order chi connectivity index (χ1) is 21.5. The fraction of sp³-hybridized carbons (Fsp3) is 0.0286. The Morgan fingerprint density at radius 2 is 1.30 bits per heavy atom. The van der Waals surface area contributed by atoms with Crippen LogP contribution in [0.3, 0.4) is 0 Å². The van der Waals surface area contributed by atoms with Crippen molar-refractivity contribution in [3.63, 3.8) is 0 Å². The molecule has 5 aromatic carbocycles. The van der Waals surface area contributed by atoms with Crippen molar-refractivity contribution < 1.29 is 28.6 Å². The third kappa shape index (κ3) is 7.96. The number of ether oxygens (including phenoxy) is 3. The molecule has 0 heterocycles. The van der Waals surface area contributed by atoms with Gasteiger partial charge in [-0.2, -0.15) is 5.10 Å². The number of nitrogens with zero attached hydrogens (tertiary/aromatic N) is 1. The molecule has 5 rings (SSSR count). The highest BCUT2D eigenvalue weighted by Crippen LogP contribution is 2.26. The Kier molecular flexibility index (Phi) is 9.76. The van der Waals surface area contributed by atoms with Gasteiger partial charge in [0.2, 0.25) is 0 Å². The maximum Gasteiger partial charge on any atom is 0.343 e. The van der Waals surface area contributed by atoms with E-state index in [1.165, 1.54) is 18.3 Å². The fourth-order valence-corrected chi connectivity index (χ4v) is 4.11. The molecule has 0 atom stereocenters. The number of hydrazone groups is 1. The highest BCUT2D eigenvalue weighted by molar-refractivity contribution is 6.30. The zero-order chi connectivity index (χ0) is 30.7. The summed E-state index contributed by atoms with van der Waals surface area (Å²) in [6, 6.07) is 35.4. The fourth-order valence-electron chi connectivity index (χ4n) is 3.99. The smallest absolute Gasteiger partial charge is 0.343 e. The SMILES string of the molecule is O=C(Oc1ccc(/C=N/NC(=O)c2ccccc2OCc2ccc(Cl)cc2)c(OC(=O)c2ccccc2)c1)c1ccccc1. The summed E-state index contributed by atoms with van der Waals surface area (Å²) >= 11 is 5.95. The first kappa shape index (κ1) is 29.8. The summed E-state index contributed by atoms with van der Waals surface area (Å²) in [4.78, 5) is 38.4. The van der Waals surface area contributed by atoms with Gasteiger partial charge >= 0.3 is 11.9 Å². The van der Waals surface area contributed by atoms with Gasteiger partial charge in [0.05, 0.1) is 22.9 Å². The molecule has 0 bridgehead atoms. The standard InChI is InChI=1S/C35H25ClN2O6/c36-28-18-15-24(16-19-28)23-42-31-14-8-7-13-30(31)33(39)38-37-22-27-17-20-29(43-34(40)25-9-3-1-4-10-25)21-32(27)44-35(41)26-11-5-2-6-12-26/h1-22H,23H2,(H,38,39)/b37-22+. The Hall–Kier alpha value is -5.73. The lowest BCUT2D eigenvalue weighted by atomic mass is 10.2. The molecule has 0 fully saturated rings. The van der Waals surface area contributed by atoms with Crippen LogP contribution in [0.5, 0.6) is 17.2 Å². The van der Waals surface area contributed by atoms with E-state index in [4.69, 9.17) is 25.8 Å². The van der Waals surface area contributed by atoms with Gasteiger partial charge in [-0.25, -0.2) is 15.0 Å². The van der Waals surface area contributed by atoms with Gasteiger partial charge in [-0.05, 0) is 66.2 Å². The summed E-state index contributed by atoms with van der Waals surface area (Å²) in [6.07, 6.45) is 1.32. The van der Waals surface area contributed by atoms with Crippen LogP contribution >= 0.6 is 11.6 Å². The number of benzene rings is 5. The van der Waals surface area contributed by atoms with E-state index in [-0.39, 0.29) is 23.7 Å². The number of carbonyl (C=O) groups is 3. The van der Waals surface area contributed by atoms with E-state index in [0.717, 1.165) is 5.56 Å². The lowest BCUT2D eigenvalue weighted by Gasteiger charge is -2.11. The number of amides is 1. The zero-order valence-electron chi connectivity index (χ0n) is 23.2. The molecular formula is C35H25ClN2O6. The van der Waals surface area contributed by atoms with Crippen molar-refractivity contribution >= 4 is 35.7 Å². The van der Waals surface area contributed by atoms with Crippen LogP contribution in [-0.4, -0.2) is 24.1 Å². The summed E-state index contributed by atoms with van der Waals surface area (Å²) in [7, 11) is 0. The van der Waals surface area contributed by atoms with E-state index in [0.29, 0.717) is 27.5 Å². The largest absolute Gasteiger partial charge is 0.488 e. The van der Waals surface area contributed by atoms with Crippen LogP contribution in [-0.2, 0) is 6.61 Å². The minimum absolute atomic E-state index is 0.0712. The predicted octanol–water partition coefficient (Wildman–Crippen LogP) is 7.12. The van der Waals surface area contributed by atoms with Crippen molar-refractivity contribution in [1.29, 1.82) is 0 Å². The molecule has 1 amide bonds.